The molecule has 5 nitrogen and oxygen atoms in total. The second kappa shape index (κ2) is 1.95. The number of hydrogen-bond donors (Lipinski definition) is 3. The maximum absolute atomic E-state index is 11.1. The Balaban J connectivity index is 2.27. The van der Waals surface area contributed by atoms with Crippen molar-refractivity contribution in [3.63, 3.8) is 0 Å². The molecule has 0 aromatic carbocycles. The summed E-state index contributed by atoms with van der Waals surface area (Å²) >= 11 is 0. The van der Waals surface area contributed by atoms with Gasteiger partial charge < -0.3 is 9.84 Å². The largest absolute Gasteiger partial charge is 0.380 e. The first-order valence-electron chi connectivity index (χ1n) is 3.34. The Morgan fingerprint density at radius 3 is 2.55 bits per heavy atom. The Hall–Kier alpha value is -0.170. The number of hydrogen-bond acceptors (Lipinski definition) is 4. The van der Waals surface area contributed by atoms with Crippen LogP contribution >= 0.6 is 0 Å². The summed E-state index contributed by atoms with van der Waals surface area (Å²) in [7, 11) is -2.74. The summed E-state index contributed by atoms with van der Waals surface area (Å²) in [6, 6.07) is 0. The minimum Gasteiger partial charge on any atom is -0.380 e. The van der Waals surface area contributed by atoms with Gasteiger partial charge in [-0.3, -0.25) is 0 Å². The van der Waals surface area contributed by atoms with E-state index in [2.05, 4.69) is 4.72 Å². The maximum atomic E-state index is 11.1. The van der Waals surface area contributed by atoms with E-state index in [1.165, 1.54) is 0 Å². The minimum atomic E-state index is -2.74. The molecular weight excluding hydrogens is 168 g/mol. The Morgan fingerprint density at radius 2 is 2.36 bits per heavy atom. The molecule has 0 amide bonds. The average molecular weight is 178 g/mol. The summed E-state index contributed by atoms with van der Waals surface area (Å²) in [6.07, 6.45) is -0.832. The molecule has 2 saturated heterocycles. The van der Waals surface area contributed by atoms with Crippen molar-refractivity contribution in [3.05, 3.63) is 0 Å². The molecule has 2 rings (SSSR count). The Bertz CT molecular complexity index is 269. The number of aliphatic hydroxyl groups excluding tert-OH is 1. The Morgan fingerprint density at radius 1 is 1.73 bits per heavy atom. The molecule has 2 aliphatic heterocycles. The van der Waals surface area contributed by atoms with Crippen molar-refractivity contribution in [3.8, 4) is 0 Å². The minimum absolute atomic E-state index is 0.209. The third-order valence-corrected chi connectivity index (χ3v) is 3.74. The molecule has 1 spiro atoms. The second-order valence-corrected chi connectivity index (χ2v) is 5.07. The average Bonchev–Trinajstić information content (AvgIpc) is 1.99. The van der Waals surface area contributed by atoms with Gasteiger partial charge in [-0.15, -0.1) is 0 Å². The van der Waals surface area contributed by atoms with Gasteiger partial charge in [0, 0.05) is 0 Å². The second-order valence-electron chi connectivity index (χ2n) is 3.20. The lowest BCUT2D eigenvalue weighted by Crippen LogP contribution is -2.52. The molecule has 2 heterocycles. The van der Waals surface area contributed by atoms with Gasteiger partial charge in [-0.05, 0) is 0 Å². The zero-order valence-electron chi connectivity index (χ0n) is 5.87. The van der Waals surface area contributed by atoms with Crippen molar-refractivity contribution in [1.29, 1.82) is 4.78 Å². The predicted molar refractivity (Wildman–Crippen MR) is 38.1 cm³/mol. The number of ether oxygens (including phenoxy) is 1. The lowest BCUT2D eigenvalue weighted by molar-refractivity contribution is -0.153. The molecule has 0 aliphatic carbocycles. The highest BCUT2D eigenvalue weighted by Gasteiger charge is 2.53. The molecule has 11 heavy (non-hydrogen) atoms. The number of rotatable bonds is 0. The van der Waals surface area contributed by atoms with E-state index in [1.54, 1.807) is 0 Å². The van der Waals surface area contributed by atoms with Crippen LogP contribution < -0.4 is 4.72 Å². The van der Waals surface area contributed by atoms with E-state index in [4.69, 9.17) is 9.52 Å². The van der Waals surface area contributed by atoms with Crippen molar-refractivity contribution in [2.45, 2.75) is 6.23 Å². The highest BCUT2D eigenvalue weighted by molar-refractivity contribution is 7.90. The predicted octanol–water partition coefficient (Wildman–Crippen LogP) is -1.11. The van der Waals surface area contributed by atoms with Crippen LogP contribution in [0.1, 0.15) is 0 Å². The molecule has 0 aromatic heterocycles. The van der Waals surface area contributed by atoms with Gasteiger partial charge in [0.25, 0.3) is 0 Å². The van der Waals surface area contributed by atoms with Gasteiger partial charge in [-0.25, -0.2) is 13.7 Å². The van der Waals surface area contributed by atoms with Gasteiger partial charge >= 0.3 is 0 Å². The molecule has 2 fully saturated rings. The van der Waals surface area contributed by atoms with Crippen LogP contribution in [0.15, 0.2) is 0 Å². The van der Waals surface area contributed by atoms with E-state index in [-0.39, 0.29) is 5.75 Å². The quantitative estimate of drug-likeness (QED) is 0.439. The lowest BCUT2D eigenvalue weighted by Gasteiger charge is -2.38. The Labute approximate surface area is 64.8 Å². The van der Waals surface area contributed by atoms with Crippen LogP contribution in [-0.2, 0) is 14.7 Å². The van der Waals surface area contributed by atoms with Gasteiger partial charge in [-0.1, -0.05) is 0 Å². The van der Waals surface area contributed by atoms with Crippen LogP contribution in [0.4, 0.5) is 0 Å². The van der Waals surface area contributed by atoms with Gasteiger partial charge in [0.05, 0.1) is 24.4 Å². The molecule has 0 aromatic rings. The van der Waals surface area contributed by atoms with E-state index >= 15 is 0 Å². The third kappa shape index (κ3) is 0.978. The molecular formula is C5H10N2O3S. The van der Waals surface area contributed by atoms with E-state index in [9.17, 15) is 9.32 Å². The first-order valence-corrected chi connectivity index (χ1v) is 5.06. The lowest BCUT2D eigenvalue weighted by atomic mass is 9.87. The van der Waals surface area contributed by atoms with E-state index < -0.39 is 21.6 Å². The summed E-state index contributed by atoms with van der Waals surface area (Å²) in [5, 5.41) is 9.34. The molecule has 2 aliphatic rings. The molecule has 0 saturated carbocycles. The van der Waals surface area contributed by atoms with Crippen molar-refractivity contribution in [2.75, 3.05) is 19.0 Å². The molecule has 6 heteroatoms. The highest BCUT2D eigenvalue weighted by Crippen LogP contribution is 2.36. The molecule has 0 radical (unpaired) electrons. The monoisotopic (exact) mass is 178 g/mol. The van der Waals surface area contributed by atoms with Crippen molar-refractivity contribution < 1.29 is 14.1 Å². The first-order chi connectivity index (χ1) is 5.04. The van der Waals surface area contributed by atoms with Gasteiger partial charge in [0.15, 0.2) is 0 Å². The maximum Gasteiger partial charge on any atom is 0.127 e. The van der Waals surface area contributed by atoms with Gasteiger partial charge in [-0.2, -0.15) is 0 Å². The zero-order valence-corrected chi connectivity index (χ0v) is 6.69. The van der Waals surface area contributed by atoms with Crippen LogP contribution in [0, 0.1) is 10.2 Å². The Kier molecular flexibility index (Phi) is 1.32. The summed E-state index contributed by atoms with van der Waals surface area (Å²) in [5.74, 6) is 0.209. The van der Waals surface area contributed by atoms with Gasteiger partial charge in [0.2, 0.25) is 0 Å². The van der Waals surface area contributed by atoms with Crippen molar-refractivity contribution >= 4 is 9.92 Å². The fourth-order valence-electron chi connectivity index (χ4n) is 1.44. The van der Waals surface area contributed by atoms with Gasteiger partial charge in [0.1, 0.15) is 16.1 Å². The smallest absolute Gasteiger partial charge is 0.127 e. The molecule has 0 bridgehead atoms. The van der Waals surface area contributed by atoms with E-state index in [0.29, 0.717) is 13.2 Å². The molecule has 2 atom stereocenters. The summed E-state index contributed by atoms with van der Waals surface area (Å²) in [4.78, 5) is 0. The first kappa shape index (κ1) is 7.48. The summed E-state index contributed by atoms with van der Waals surface area (Å²) in [6.45, 7) is 0.827. The van der Waals surface area contributed by atoms with Crippen LogP contribution in [0.25, 0.3) is 0 Å². The highest BCUT2D eigenvalue weighted by atomic mass is 32.2. The molecule has 64 valence electrons. The molecule has 3 N–H and O–H groups in total. The standard InChI is InChI=1S/C5H10N2O3S/c6-11(9)3-5(1-10-2-5)4(8)7-11/h4,8H,1-3H2,(H2,6,7,9). The van der Waals surface area contributed by atoms with Crippen molar-refractivity contribution in [1.82, 2.24) is 4.72 Å². The fraction of sp³-hybridized carbons (Fsp3) is 1.00. The fourth-order valence-corrected chi connectivity index (χ4v) is 3.26. The van der Waals surface area contributed by atoms with E-state index in [0.717, 1.165) is 0 Å². The van der Waals surface area contributed by atoms with E-state index in [1.807, 2.05) is 0 Å². The SMILES string of the molecule is N=S1(=O)CC2(COC2)C(O)N1. The third-order valence-electron chi connectivity index (χ3n) is 2.15. The van der Waals surface area contributed by atoms with Crippen LogP contribution in [0.2, 0.25) is 0 Å². The van der Waals surface area contributed by atoms with Crippen LogP contribution in [-0.4, -0.2) is 34.5 Å². The van der Waals surface area contributed by atoms with Crippen LogP contribution in [0.5, 0.6) is 0 Å². The zero-order chi connectivity index (χ0) is 8.11. The number of aliphatic hydroxyl groups is 1. The summed E-state index contributed by atoms with van der Waals surface area (Å²) in [5.41, 5.74) is -0.432. The van der Waals surface area contributed by atoms with Crippen LogP contribution in [0.3, 0.4) is 0 Å². The summed E-state index contributed by atoms with van der Waals surface area (Å²) < 4.78 is 25.6. The normalized spacial score (nSPS) is 47.5. The number of nitrogens with one attached hydrogen (secondary N) is 2. The topological polar surface area (TPSA) is 82.4 Å². The van der Waals surface area contributed by atoms with Crippen molar-refractivity contribution in [2.24, 2.45) is 5.41 Å². The molecule has 2 unspecified atom stereocenters.